The van der Waals surface area contributed by atoms with Crippen LogP contribution in [0.3, 0.4) is 0 Å². The molecular weight excluding hydrogens is 1610 g/mol. The number of nitrogens with zero attached hydrogens (tertiary/aromatic N) is 7. The van der Waals surface area contributed by atoms with Crippen LogP contribution >= 0.6 is 0 Å². The van der Waals surface area contributed by atoms with Crippen molar-refractivity contribution in [2.24, 2.45) is 16.8 Å². The average molecular weight is 1710 g/mol. The summed E-state index contributed by atoms with van der Waals surface area (Å²) in [5.74, 6) is -14.6. The summed E-state index contributed by atoms with van der Waals surface area (Å²) in [6.07, 6.45) is 3.16. The Hall–Kier alpha value is -13.5. The highest BCUT2D eigenvalue weighted by atomic mass is 19.1. The number of aliphatic hydroxyl groups is 1. The minimum absolute atomic E-state index is 0.0457. The van der Waals surface area contributed by atoms with Crippen molar-refractivity contribution >= 4 is 105 Å². The number of aryl methyl sites for hydroxylation is 1. The first kappa shape index (κ1) is 94.4. The number of nitrogens with two attached hydrogens (primary N) is 1. The Balaban J connectivity index is 1.16. The largest absolute Gasteiger partial charge is 0.508 e. The second-order valence-corrected chi connectivity index (χ2v) is 31.1. The minimum atomic E-state index is -1.87. The van der Waals surface area contributed by atoms with E-state index in [9.17, 15) is 53.3 Å². The van der Waals surface area contributed by atoms with Crippen molar-refractivity contribution in [3.63, 3.8) is 0 Å². The highest BCUT2D eigenvalue weighted by Crippen LogP contribution is 2.35. The Labute approximate surface area is 714 Å². The Morgan fingerprint density at radius 3 is 1.88 bits per heavy atom. The molecule has 37 nitrogen and oxygen atoms in total. The fourth-order valence-electron chi connectivity index (χ4n) is 14.8. The van der Waals surface area contributed by atoms with Crippen molar-refractivity contribution in [3.05, 3.63) is 178 Å². The van der Waals surface area contributed by atoms with Gasteiger partial charge in [-0.2, -0.15) is 0 Å². The molecule has 0 spiro atoms. The number of hydrogen-bond acceptors (Lipinski definition) is 19. The van der Waals surface area contributed by atoms with Gasteiger partial charge < -0.3 is 103 Å². The van der Waals surface area contributed by atoms with E-state index in [1.165, 1.54) is 83.6 Å². The molecule has 2 aromatic heterocycles. The number of aromatic hydroxyl groups is 2. The predicted molar refractivity (Wildman–Crippen MR) is 451 cm³/mol. The molecule has 11 atom stereocenters. The summed E-state index contributed by atoms with van der Waals surface area (Å²) in [6, 6.07) is 12.8. The molecule has 662 valence electrons. The number of phenolic OH excluding ortho intramolecular Hbond substituents is 2. The number of halogens is 1. The number of aliphatic hydroxyl groups excluding tert-OH is 1. The lowest BCUT2D eigenvalue weighted by molar-refractivity contribution is -0.150. The van der Waals surface area contributed by atoms with Crippen LogP contribution in [0.5, 0.6) is 11.5 Å². The second-order valence-electron chi connectivity index (χ2n) is 31.1. The average Bonchev–Trinajstić information content (AvgIpc) is 1.53. The molecule has 0 radical (unpaired) electrons. The molecule has 5 aromatic carbocycles. The lowest BCUT2D eigenvalue weighted by Gasteiger charge is -2.36. The maximum atomic E-state index is 15.9. The number of amides is 14. The number of primary amides is 1. The van der Waals surface area contributed by atoms with Gasteiger partial charge >= 0.3 is 0 Å². The molecule has 1 saturated carbocycles. The molecule has 2 fully saturated rings. The number of azide groups is 1. The quantitative estimate of drug-likeness (QED) is 0.0137. The van der Waals surface area contributed by atoms with Gasteiger partial charge in [0, 0.05) is 126 Å². The lowest BCUT2D eigenvalue weighted by atomic mass is 9.99. The van der Waals surface area contributed by atoms with Gasteiger partial charge in [-0.05, 0) is 146 Å². The maximum Gasteiger partial charge on any atom is 0.247 e. The van der Waals surface area contributed by atoms with Crippen LogP contribution in [0.1, 0.15) is 99.5 Å². The Morgan fingerprint density at radius 2 is 1.23 bits per heavy atom. The first-order valence-electron chi connectivity index (χ1n) is 40.9. The van der Waals surface area contributed by atoms with Crippen LogP contribution < -0.4 is 53.6 Å². The maximum absolute atomic E-state index is 15.9. The molecule has 14 amide bonds. The number of fused-ring (bicyclic) bond motifs is 2. The van der Waals surface area contributed by atoms with Gasteiger partial charge in [0.2, 0.25) is 82.7 Å². The summed E-state index contributed by atoms with van der Waals surface area (Å²) < 4.78 is 20.3. The molecule has 1 aliphatic heterocycles. The lowest BCUT2D eigenvalue weighted by Crippen LogP contribution is -2.63. The summed E-state index contributed by atoms with van der Waals surface area (Å²) in [7, 11) is 4.97. The molecule has 7 aromatic rings. The normalized spacial score (nSPS) is 21.0. The predicted octanol–water partition coefficient (Wildman–Crippen LogP) is 1.65. The van der Waals surface area contributed by atoms with Crippen molar-refractivity contribution in [2.75, 3.05) is 67.6 Å². The molecule has 0 bridgehead atoms. The third-order valence-corrected chi connectivity index (χ3v) is 22.0. The molecule has 16 N–H and O–H groups in total. The number of unbranched alkanes of at least 4 members (excludes halogenated alkanes) is 2. The van der Waals surface area contributed by atoms with Gasteiger partial charge in [-0.25, -0.2) is 4.39 Å². The van der Waals surface area contributed by atoms with Crippen LogP contribution in [0, 0.1) is 11.7 Å². The fraction of sp³-hybridized carbons (Fsp3) is 0.442. The van der Waals surface area contributed by atoms with Gasteiger partial charge in [0.15, 0.2) is 0 Å². The van der Waals surface area contributed by atoms with E-state index in [-0.39, 0.29) is 101 Å². The molecule has 1 saturated heterocycles. The van der Waals surface area contributed by atoms with Crippen molar-refractivity contribution in [2.45, 2.75) is 170 Å². The van der Waals surface area contributed by atoms with E-state index in [0.29, 0.717) is 68.9 Å². The number of nitrogens with one attached hydrogen (secondary N) is 11. The van der Waals surface area contributed by atoms with Crippen molar-refractivity contribution in [3.8, 4) is 11.5 Å². The number of para-hydroxylation sites is 1. The van der Waals surface area contributed by atoms with E-state index in [1.54, 1.807) is 73.1 Å². The Morgan fingerprint density at radius 1 is 0.637 bits per heavy atom. The van der Waals surface area contributed by atoms with Gasteiger partial charge in [-0.3, -0.25) is 67.1 Å². The van der Waals surface area contributed by atoms with Crippen molar-refractivity contribution in [1.82, 2.24) is 77.4 Å². The number of aromatic nitrogens is 2. The third-order valence-electron chi connectivity index (χ3n) is 22.0. The van der Waals surface area contributed by atoms with E-state index >= 15 is 33.6 Å². The highest BCUT2D eigenvalue weighted by Gasteiger charge is 2.46. The molecule has 124 heavy (non-hydrogen) atoms. The number of carbonyl (C=O) groups excluding carboxylic acids is 14. The van der Waals surface area contributed by atoms with Crippen molar-refractivity contribution < 1.29 is 91.6 Å². The highest BCUT2D eigenvalue weighted by molar-refractivity contribution is 6.01. The zero-order valence-corrected chi connectivity index (χ0v) is 69.8. The summed E-state index contributed by atoms with van der Waals surface area (Å²) in [5.41, 5.74) is 18.0. The van der Waals surface area contributed by atoms with Crippen LogP contribution in [0.2, 0.25) is 0 Å². The Bertz CT molecular complexity index is 5000. The van der Waals surface area contributed by atoms with Crippen LogP contribution in [0.4, 0.5) is 4.39 Å². The van der Waals surface area contributed by atoms with Crippen LogP contribution in [0.25, 0.3) is 32.2 Å². The number of carbonyl (C=O) groups is 14. The topological polar surface area (TPSA) is 536 Å². The van der Waals surface area contributed by atoms with Crippen LogP contribution in [-0.2, 0) is 104 Å². The van der Waals surface area contributed by atoms with Gasteiger partial charge in [0.25, 0.3) is 0 Å². The number of rotatable bonds is 29. The molecule has 1 aliphatic carbocycles. The monoisotopic (exact) mass is 1710 g/mol. The molecule has 38 heteroatoms. The summed E-state index contributed by atoms with van der Waals surface area (Å²) in [4.78, 5) is 220. The fourth-order valence-corrected chi connectivity index (χ4v) is 14.8. The molecule has 3 heterocycles. The molecule has 0 unspecified atom stereocenters. The number of H-pyrrole nitrogens is 2. The molecule has 2 aliphatic rings. The Kier molecular flexibility index (Phi) is 34.6. The zero-order valence-electron chi connectivity index (χ0n) is 69.8. The zero-order chi connectivity index (χ0) is 89.8. The van der Waals surface area contributed by atoms with Gasteiger partial charge in [0.05, 0.1) is 13.2 Å². The smallest absolute Gasteiger partial charge is 0.247 e. The van der Waals surface area contributed by atoms with Gasteiger partial charge in [-0.1, -0.05) is 84.3 Å². The number of ether oxygens (including phenoxy) is 1. The summed E-state index contributed by atoms with van der Waals surface area (Å²) in [6.45, 7) is -1.07. The number of aromatic amines is 2. The number of hydrogen-bond donors (Lipinski definition) is 15. The van der Waals surface area contributed by atoms with E-state index in [2.05, 4.69) is 67.8 Å². The molecular formula is C86H108FN19O18. The van der Waals surface area contributed by atoms with E-state index < -0.39 is 181 Å². The molecule has 9 rings (SSSR count). The number of phenols is 2. The standard InChI is InChI=1S/C86H108FN19O18/c1-49(108)90-36-14-13-21-70-81(118)99-66(41-56-44-92-63-34-33-59(111)42-61(56)63)78(115)98-67(40-55-43-91-62-19-11-10-18-60(55)62)79(116)101-75(54-27-28-54)86(123)106(6)73(85(122)105(5)72(39-53-22-29-57(87)30-23-53)82(119)96-64(76(88)113)20-12-15-37-94-102-89)45-93-74(112)48-124-47-69(95-50(2)109)80(117)97-65(38-52-24-31-58(110)32-25-52)77(114)100-68(46-107)83(120)104(4)71(84(121)103(70)3)35-26-51-16-8-7-9-17-51/h7-11,16-19,22-25,29-34,42-44,54,64-73,75,91-92,107,110-111H,12-15,20-21,26-28,35-41,45-48H2,1-6H3,(H2,88,113)(H,90,108)(H,93,112)(H,95,109)(H,96,119)(H,97,117)(H,98,115)(H,99,118)(H,100,114)(H,101,116)/t64-,65-,66-,67-,68-,69-,70-,71-,72-,73-,75-/m0/s1. The first-order valence-corrected chi connectivity index (χ1v) is 40.9. The summed E-state index contributed by atoms with van der Waals surface area (Å²) in [5, 5.41) is 60.8. The van der Waals surface area contributed by atoms with Crippen LogP contribution in [-0.4, -0.2) is 262 Å². The van der Waals surface area contributed by atoms with E-state index in [1.807, 2.05) is 0 Å². The first-order chi connectivity index (χ1) is 59.3. The summed E-state index contributed by atoms with van der Waals surface area (Å²) >= 11 is 0. The number of likely N-dealkylation sites (N-methyl/N-ethyl adjacent to an activating group) is 4. The third kappa shape index (κ3) is 26.8. The minimum Gasteiger partial charge on any atom is -0.508 e. The second kappa shape index (κ2) is 45.4. The van der Waals surface area contributed by atoms with E-state index in [0.717, 1.165) is 38.7 Å². The van der Waals surface area contributed by atoms with Gasteiger partial charge in [-0.15, -0.1) is 0 Å². The number of benzene rings is 5. The van der Waals surface area contributed by atoms with E-state index in [4.69, 9.17) is 16.0 Å². The van der Waals surface area contributed by atoms with Crippen molar-refractivity contribution in [1.29, 1.82) is 0 Å². The van der Waals surface area contributed by atoms with Crippen LogP contribution in [0.15, 0.2) is 139 Å². The van der Waals surface area contributed by atoms with Gasteiger partial charge in [0.1, 0.15) is 90.4 Å². The SMILES string of the molecule is CC(=O)NCCCC[C@H]1C(=O)N[C@@H](Cc2c[nH]c3ccc(O)cc23)C(=O)N[C@@H](Cc2c[nH]c3ccccc23)C(=O)N[C@@H](C2CC2)C(=O)N(C)[C@H](C(=O)N(C)[C@@H](Cc2ccc(F)cc2)C(=O)N[C@@H](CCCCN=[N+]=[N-])C(N)=O)CNC(=O)COC[C@H](NC(C)=O)C(=O)N[C@@H](Cc2ccc(O)cc2)C(=O)N[C@@H](CO)C(=O)N(C)[C@@H](CCc2ccccc2)C(=O)N1C.